The minimum Gasteiger partial charge on any atom is -0.497 e. The van der Waals surface area contributed by atoms with Crippen molar-refractivity contribution in [3.63, 3.8) is 0 Å². The molecule has 132 valence electrons. The van der Waals surface area contributed by atoms with Crippen LogP contribution in [0.25, 0.3) is 6.08 Å². The van der Waals surface area contributed by atoms with Gasteiger partial charge >= 0.3 is 0 Å². The van der Waals surface area contributed by atoms with Crippen molar-refractivity contribution < 1.29 is 9.84 Å². The molecule has 1 aromatic carbocycles. The van der Waals surface area contributed by atoms with Gasteiger partial charge in [0.25, 0.3) is 0 Å². The lowest BCUT2D eigenvalue weighted by Crippen LogP contribution is -2.52. The number of rotatable bonds is 4. The summed E-state index contributed by atoms with van der Waals surface area (Å²) >= 11 is 0. The summed E-state index contributed by atoms with van der Waals surface area (Å²) in [6.07, 6.45) is 7.66. The quantitative estimate of drug-likeness (QED) is 0.920. The van der Waals surface area contributed by atoms with Crippen LogP contribution in [0.3, 0.4) is 0 Å². The van der Waals surface area contributed by atoms with Gasteiger partial charge < -0.3 is 14.7 Å². The Bertz CT molecular complexity index is 535. The molecule has 1 aromatic rings. The minimum absolute atomic E-state index is 0.148. The first-order valence-electron chi connectivity index (χ1n) is 8.98. The van der Waals surface area contributed by atoms with E-state index in [0.29, 0.717) is 5.41 Å². The third-order valence-electron chi connectivity index (χ3n) is 5.50. The molecule has 1 N–H and O–H groups in total. The molecule has 2 aliphatic rings. The standard InChI is InChI=1S/C20H30N2O2/c1-21-15-18(23)14-20(16-21)9-12-22(13-10-20)11-3-4-17-5-7-19(24-2)8-6-17/h3-8,18,23H,9-16H2,1-2H3/b4-3+. The van der Waals surface area contributed by atoms with E-state index in [1.807, 2.05) is 12.1 Å². The van der Waals surface area contributed by atoms with Crippen LogP contribution in [-0.4, -0.2) is 67.9 Å². The topological polar surface area (TPSA) is 35.9 Å². The molecule has 0 aliphatic carbocycles. The number of likely N-dealkylation sites (tertiary alicyclic amines) is 2. The zero-order chi connectivity index (χ0) is 17.0. The van der Waals surface area contributed by atoms with Crippen LogP contribution < -0.4 is 4.74 Å². The van der Waals surface area contributed by atoms with Crippen LogP contribution in [0.15, 0.2) is 30.3 Å². The van der Waals surface area contributed by atoms with E-state index >= 15 is 0 Å². The number of likely N-dealkylation sites (N-methyl/N-ethyl adjacent to an activating group) is 1. The van der Waals surface area contributed by atoms with E-state index in [2.05, 4.69) is 41.1 Å². The summed E-state index contributed by atoms with van der Waals surface area (Å²) in [6, 6.07) is 8.16. The summed E-state index contributed by atoms with van der Waals surface area (Å²) in [5, 5.41) is 10.1. The molecule has 1 spiro atoms. The predicted octanol–water partition coefficient (Wildman–Crippen LogP) is 2.49. The number of hydrogen-bond donors (Lipinski definition) is 1. The Morgan fingerprint density at radius 2 is 1.96 bits per heavy atom. The van der Waals surface area contributed by atoms with Gasteiger partial charge in [-0.15, -0.1) is 0 Å². The molecule has 0 radical (unpaired) electrons. The molecular formula is C20H30N2O2. The van der Waals surface area contributed by atoms with Gasteiger partial charge in [0.2, 0.25) is 0 Å². The van der Waals surface area contributed by atoms with Crippen LogP contribution in [0, 0.1) is 5.41 Å². The summed E-state index contributed by atoms with van der Waals surface area (Å²) < 4.78 is 5.19. The molecule has 1 unspecified atom stereocenters. The Morgan fingerprint density at radius 1 is 1.25 bits per heavy atom. The summed E-state index contributed by atoms with van der Waals surface area (Å²) in [5.41, 5.74) is 1.55. The van der Waals surface area contributed by atoms with Crippen molar-refractivity contribution in [2.45, 2.75) is 25.4 Å². The largest absolute Gasteiger partial charge is 0.497 e. The SMILES string of the molecule is COc1ccc(/C=C/CN2CCC3(CC2)CC(O)CN(C)C3)cc1. The molecule has 24 heavy (non-hydrogen) atoms. The number of hydrogen-bond acceptors (Lipinski definition) is 4. The van der Waals surface area contributed by atoms with E-state index in [-0.39, 0.29) is 6.10 Å². The second-order valence-electron chi connectivity index (χ2n) is 7.53. The van der Waals surface area contributed by atoms with Crippen LogP contribution in [0.4, 0.5) is 0 Å². The van der Waals surface area contributed by atoms with Gasteiger partial charge in [-0.2, -0.15) is 0 Å². The van der Waals surface area contributed by atoms with Gasteiger partial charge in [0.1, 0.15) is 5.75 Å². The van der Waals surface area contributed by atoms with E-state index in [1.165, 1.54) is 18.4 Å². The van der Waals surface area contributed by atoms with Crippen LogP contribution >= 0.6 is 0 Å². The number of methoxy groups -OCH3 is 1. The lowest BCUT2D eigenvalue weighted by Gasteiger charge is -2.48. The van der Waals surface area contributed by atoms with Crippen molar-refractivity contribution in [1.29, 1.82) is 0 Å². The summed E-state index contributed by atoms with van der Waals surface area (Å²) in [4.78, 5) is 4.82. The average molecular weight is 330 g/mol. The fourth-order valence-corrected chi connectivity index (χ4v) is 4.25. The number of ether oxygens (including phenoxy) is 1. The van der Waals surface area contributed by atoms with Crippen molar-refractivity contribution in [3.05, 3.63) is 35.9 Å². The van der Waals surface area contributed by atoms with E-state index in [0.717, 1.165) is 44.9 Å². The maximum atomic E-state index is 10.1. The average Bonchev–Trinajstić information content (AvgIpc) is 2.56. The van der Waals surface area contributed by atoms with Gasteiger partial charge in [0.05, 0.1) is 13.2 Å². The highest BCUT2D eigenvalue weighted by Crippen LogP contribution is 2.39. The van der Waals surface area contributed by atoms with Crippen LogP contribution in [0.2, 0.25) is 0 Å². The molecule has 0 aromatic heterocycles. The van der Waals surface area contributed by atoms with Crippen LogP contribution in [0.5, 0.6) is 5.75 Å². The molecular weight excluding hydrogens is 300 g/mol. The lowest BCUT2D eigenvalue weighted by atomic mass is 9.72. The van der Waals surface area contributed by atoms with Crippen molar-refractivity contribution in [3.8, 4) is 5.75 Å². The molecule has 0 amide bonds. The maximum Gasteiger partial charge on any atom is 0.118 e. The number of nitrogens with zero attached hydrogens (tertiary/aromatic N) is 2. The first kappa shape index (κ1) is 17.5. The van der Waals surface area contributed by atoms with Crippen LogP contribution in [-0.2, 0) is 0 Å². The van der Waals surface area contributed by atoms with Crippen molar-refractivity contribution in [2.75, 3.05) is 46.9 Å². The van der Waals surface area contributed by atoms with Crippen LogP contribution in [0.1, 0.15) is 24.8 Å². The predicted molar refractivity (Wildman–Crippen MR) is 98.3 cm³/mol. The number of aliphatic hydroxyl groups excluding tert-OH is 1. The molecule has 0 bridgehead atoms. The molecule has 4 heteroatoms. The van der Waals surface area contributed by atoms with Gasteiger partial charge in [0.15, 0.2) is 0 Å². The van der Waals surface area contributed by atoms with E-state index in [4.69, 9.17) is 4.74 Å². The third kappa shape index (κ3) is 4.38. The van der Waals surface area contributed by atoms with E-state index in [9.17, 15) is 5.11 Å². The highest BCUT2D eigenvalue weighted by atomic mass is 16.5. The van der Waals surface area contributed by atoms with Crippen molar-refractivity contribution in [2.24, 2.45) is 5.41 Å². The zero-order valence-corrected chi connectivity index (χ0v) is 14.9. The Kier molecular flexibility index (Phi) is 5.59. The van der Waals surface area contributed by atoms with Crippen molar-refractivity contribution >= 4 is 6.08 Å². The molecule has 0 saturated carbocycles. The monoisotopic (exact) mass is 330 g/mol. The summed E-state index contributed by atoms with van der Waals surface area (Å²) in [7, 11) is 3.82. The third-order valence-corrected chi connectivity index (χ3v) is 5.50. The molecule has 2 saturated heterocycles. The highest BCUT2D eigenvalue weighted by Gasteiger charge is 2.40. The lowest BCUT2D eigenvalue weighted by molar-refractivity contribution is -0.0304. The number of β-amino-alcohol motifs (C(OH)–C–C–N with tert-alkyl or cyclic N) is 1. The Morgan fingerprint density at radius 3 is 2.58 bits per heavy atom. The van der Waals surface area contributed by atoms with Crippen molar-refractivity contribution in [1.82, 2.24) is 9.80 Å². The normalized spacial score (nSPS) is 25.4. The van der Waals surface area contributed by atoms with E-state index in [1.54, 1.807) is 7.11 Å². The molecule has 4 nitrogen and oxygen atoms in total. The highest BCUT2D eigenvalue weighted by molar-refractivity contribution is 5.50. The molecule has 2 fully saturated rings. The maximum absolute atomic E-state index is 10.1. The second-order valence-corrected chi connectivity index (χ2v) is 7.53. The fourth-order valence-electron chi connectivity index (χ4n) is 4.25. The first-order valence-corrected chi connectivity index (χ1v) is 8.98. The number of aliphatic hydroxyl groups is 1. The van der Waals surface area contributed by atoms with Gasteiger partial charge in [-0.25, -0.2) is 0 Å². The molecule has 2 heterocycles. The minimum atomic E-state index is -0.148. The number of piperidine rings is 2. The van der Waals surface area contributed by atoms with Gasteiger partial charge in [0, 0.05) is 19.6 Å². The fraction of sp³-hybridized carbons (Fsp3) is 0.600. The first-order chi connectivity index (χ1) is 11.6. The van der Waals surface area contributed by atoms with Gasteiger partial charge in [-0.3, -0.25) is 4.90 Å². The second kappa shape index (κ2) is 7.68. The zero-order valence-electron chi connectivity index (χ0n) is 14.9. The molecule has 2 aliphatic heterocycles. The molecule has 1 atom stereocenters. The number of benzene rings is 1. The summed E-state index contributed by atoms with van der Waals surface area (Å²) in [6.45, 7) is 5.23. The van der Waals surface area contributed by atoms with E-state index < -0.39 is 0 Å². The summed E-state index contributed by atoms with van der Waals surface area (Å²) in [5.74, 6) is 0.896. The Hall–Kier alpha value is -1.36. The Labute approximate surface area is 145 Å². The van der Waals surface area contributed by atoms with Gasteiger partial charge in [-0.1, -0.05) is 24.3 Å². The molecule has 3 rings (SSSR count). The van der Waals surface area contributed by atoms with Gasteiger partial charge in [-0.05, 0) is 62.5 Å². The Balaban J connectivity index is 1.47. The smallest absolute Gasteiger partial charge is 0.118 e.